The van der Waals surface area contributed by atoms with Gasteiger partial charge in [0.15, 0.2) is 0 Å². The molecule has 0 saturated heterocycles. The van der Waals surface area contributed by atoms with Crippen molar-refractivity contribution in [3.8, 4) is 0 Å². The van der Waals surface area contributed by atoms with Crippen LogP contribution in [0.15, 0.2) is 0 Å². The van der Waals surface area contributed by atoms with Crippen molar-refractivity contribution in [3.05, 3.63) is 0 Å². The molecule has 0 unspecified atom stereocenters. The average Bonchev–Trinajstić information content (AvgIpc) is 2.30. The predicted molar refractivity (Wildman–Crippen MR) is 83.1 cm³/mol. The Morgan fingerprint density at radius 3 is 0.442 bits per heavy atom. The fourth-order valence-electron chi connectivity index (χ4n) is 0.707. The summed E-state index contributed by atoms with van der Waals surface area (Å²) in [7, 11) is -10.3. The summed E-state index contributed by atoms with van der Waals surface area (Å²) in [5.74, 6) is 0. The summed E-state index contributed by atoms with van der Waals surface area (Å²) in [6, 6.07) is 0. The van der Waals surface area contributed by atoms with Gasteiger partial charge in [-0.2, -0.15) is 0 Å². The Balaban J connectivity index is -0.00000000376. The van der Waals surface area contributed by atoms with Crippen molar-refractivity contribution in [1.82, 2.24) is 0 Å². The van der Waals surface area contributed by atoms with Crippen LogP contribution in [0.25, 0.3) is 0 Å². The SMILES string of the molecule is O.O=P([O-])([O-])O.O=P([O-])([O-])O.[Mo].[Mo].[Mo].[Mo].[Mo].[NH3+]CCCC[NH3+].[NH3+]CCCC[NH3+].[O-2].[O-2].[O-2].[O-2].[O-2].[O-2].[O-2].[O-2].[O-2].[O-2].[O-2].[O-2].[O-2].[O-2].[O-2]. The van der Waals surface area contributed by atoms with Crippen LogP contribution in [0.2, 0.25) is 0 Å². The van der Waals surface area contributed by atoms with Gasteiger partial charge in [0.1, 0.15) is 0 Å². The molecule has 28 nitrogen and oxygen atoms in total. The van der Waals surface area contributed by atoms with E-state index in [0.717, 1.165) is 26.2 Å². The monoisotopic (exact) mass is 1120 g/mol. The normalized spacial score (nSPS) is 5.26. The molecule has 0 atom stereocenters. The zero-order valence-corrected chi connectivity index (χ0v) is 33.2. The van der Waals surface area contributed by atoms with E-state index in [0.29, 0.717) is 0 Å². The van der Waals surface area contributed by atoms with Crippen molar-refractivity contribution in [2.45, 2.75) is 25.7 Å². The largest absolute Gasteiger partial charge is 2.00 e. The van der Waals surface area contributed by atoms with Crippen LogP contribution >= 0.6 is 15.6 Å². The van der Waals surface area contributed by atoms with E-state index in [1.807, 2.05) is 0 Å². The fourth-order valence-corrected chi connectivity index (χ4v) is 0.707. The molecule has 0 aromatic heterocycles. The van der Waals surface area contributed by atoms with Gasteiger partial charge in [0.2, 0.25) is 0 Å². The molecule has 0 fully saturated rings. The summed E-state index contributed by atoms with van der Waals surface area (Å²) in [6.45, 7) is 4.26. The first kappa shape index (κ1) is 212. The molecule has 0 heterocycles. The molecular formula is C8H32Mo5N4O24P2-30. The molecule has 0 spiro atoms. The van der Waals surface area contributed by atoms with Gasteiger partial charge in [-0.3, -0.25) is 0 Å². The minimum absolute atomic E-state index is 0. The smallest absolute Gasteiger partial charge is 0.0742 e. The topological polar surface area (TPSA) is 736 Å². The Labute approximate surface area is 319 Å². The third-order valence-corrected chi connectivity index (χ3v) is 1.50. The first-order valence-corrected chi connectivity index (χ1v) is 9.49. The molecule has 16 N–H and O–H groups in total. The molecule has 0 aliphatic heterocycles. The first-order valence-electron chi connectivity index (χ1n) is 6.50. The maximum atomic E-state index is 8.66. The van der Waals surface area contributed by atoms with Crippen LogP contribution in [0.3, 0.4) is 0 Å². The second-order valence-corrected chi connectivity index (χ2v) is 5.64. The summed E-state index contributed by atoms with van der Waals surface area (Å²) in [5.41, 5.74) is 14.8. The molecule has 0 radical (unpaired) electrons. The van der Waals surface area contributed by atoms with Crippen molar-refractivity contribution in [1.29, 1.82) is 0 Å². The zero-order chi connectivity index (χ0) is 18.7. The van der Waals surface area contributed by atoms with E-state index in [-0.39, 0.29) is 193 Å². The predicted octanol–water partition coefficient (Wildman–Crippen LogP) is -10.5. The van der Waals surface area contributed by atoms with Gasteiger partial charge in [-0.15, -0.1) is 0 Å². The van der Waals surface area contributed by atoms with E-state index < -0.39 is 15.6 Å². The first-order chi connectivity index (χ1) is 9.83. The third kappa shape index (κ3) is 1050. The van der Waals surface area contributed by atoms with Crippen molar-refractivity contribution < 1.29 is 254 Å². The zero-order valence-electron chi connectivity index (χ0n) is 21.4. The molecular weight excluding hydrogens is 1080 g/mol. The standard InChI is InChI=1S/2C4H12N2.5Mo.2H3O4P.H2O.15O/c2*5-3-1-2-4-6;;;;;;2*1-5(2,3)4;;;;;;;;;;;;;;;;/h2*1-6H2;;;;;;2*(H3,1,2,3,4);1H2;;;;;;;;;;;;;;;/q;;;;;;;;;;15*-2. The van der Waals surface area contributed by atoms with Gasteiger partial charge < -0.3 is 149 Å². The summed E-state index contributed by atoms with van der Waals surface area (Å²) in [6.07, 6.45) is 4.96. The van der Waals surface area contributed by atoms with E-state index in [4.69, 9.17) is 38.5 Å². The molecule has 0 aromatic carbocycles. The summed E-state index contributed by atoms with van der Waals surface area (Å²) < 4.78 is 17.3. The molecule has 0 saturated carbocycles. The fraction of sp³-hybridized carbons (Fsp3) is 1.00. The number of unbranched alkanes of at least 4 members (excludes halogenated alkanes) is 2. The Bertz CT molecular complexity index is 270. The second kappa shape index (κ2) is 165. The number of rotatable bonds is 6. The van der Waals surface area contributed by atoms with Gasteiger partial charge in [0.05, 0.1) is 41.8 Å². The van der Waals surface area contributed by atoms with Crippen molar-refractivity contribution in [2.24, 2.45) is 0 Å². The molecule has 0 rings (SSSR count). The van der Waals surface area contributed by atoms with Gasteiger partial charge in [-0.1, -0.05) is 0 Å². The Morgan fingerprint density at radius 2 is 0.419 bits per heavy atom. The van der Waals surface area contributed by atoms with Crippen LogP contribution in [0, 0.1) is 0 Å². The third-order valence-electron chi connectivity index (χ3n) is 1.50. The molecule has 0 aliphatic carbocycles. The van der Waals surface area contributed by atoms with E-state index in [1.165, 1.54) is 25.7 Å². The maximum absolute atomic E-state index is 8.66. The number of hydrogen-bond donors (Lipinski definition) is 6. The van der Waals surface area contributed by atoms with Crippen LogP contribution in [0.5, 0.6) is 0 Å². The minimum atomic E-state index is -5.14. The Kier molecular flexibility index (Phi) is 814. The summed E-state index contributed by atoms with van der Waals surface area (Å²) >= 11 is 0. The molecule has 0 aliphatic rings. The van der Waals surface area contributed by atoms with Gasteiger partial charge in [0.25, 0.3) is 0 Å². The van der Waals surface area contributed by atoms with E-state index in [2.05, 4.69) is 22.9 Å². The maximum Gasteiger partial charge on any atom is 0.0742 e. The van der Waals surface area contributed by atoms with Gasteiger partial charge in [0, 0.05) is 131 Å². The summed E-state index contributed by atoms with van der Waals surface area (Å²) in [5, 5.41) is 0. The molecule has 0 bridgehead atoms. The number of hydrogen-bond acceptors (Lipinski definition) is 6. The van der Waals surface area contributed by atoms with Crippen molar-refractivity contribution >= 4 is 15.6 Å². The van der Waals surface area contributed by atoms with Gasteiger partial charge in [-0.25, -0.2) is 0 Å². The molecule has 43 heavy (non-hydrogen) atoms. The number of phosphoric acid groups is 2. The molecule has 0 amide bonds. The van der Waals surface area contributed by atoms with Gasteiger partial charge >= 0.3 is 0 Å². The molecule has 35 heteroatoms. The Hall–Kier alpha value is 2.86. The van der Waals surface area contributed by atoms with E-state index in [9.17, 15) is 0 Å². The van der Waals surface area contributed by atoms with Gasteiger partial charge in [-0.05, 0) is 0 Å². The van der Waals surface area contributed by atoms with E-state index in [1.54, 1.807) is 0 Å². The second-order valence-electron chi connectivity index (χ2n) is 3.77. The van der Waals surface area contributed by atoms with Crippen molar-refractivity contribution in [2.75, 3.05) is 26.2 Å². The van der Waals surface area contributed by atoms with Crippen molar-refractivity contribution in [3.63, 3.8) is 0 Å². The molecule has 0 aromatic rings. The quantitative estimate of drug-likeness (QED) is 0.0841. The van der Waals surface area contributed by atoms with Crippen LogP contribution in [-0.4, -0.2) is 41.4 Å². The summed E-state index contributed by atoms with van der Waals surface area (Å²) in [4.78, 5) is 48.6. The van der Waals surface area contributed by atoms with E-state index >= 15 is 0 Å². The minimum Gasteiger partial charge on any atom is -2.00 e. The van der Waals surface area contributed by atoms with Crippen LogP contribution in [0.1, 0.15) is 25.7 Å². The van der Waals surface area contributed by atoms with Crippen LogP contribution in [-0.2, 0) is 197 Å². The van der Waals surface area contributed by atoms with Crippen LogP contribution in [0.4, 0.5) is 0 Å². The number of quaternary nitrogens is 4. The molecule has 298 valence electrons. The van der Waals surface area contributed by atoms with Crippen LogP contribution < -0.4 is 42.5 Å². The Morgan fingerprint density at radius 1 is 0.372 bits per heavy atom. The average molecular weight is 1110 g/mol.